The largest absolute Gasteiger partial charge is 0.399 e. The topological polar surface area (TPSA) is 98.7 Å². The van der Waals surface area contributed by atoms with Gasteiger partial charge in [0, 0.05) is 24.7 Å². The molecule has 2 aromatic heterocycles. The first-order valence-corrected chi connectivity index (χ1v) is 11.1. The quantitative estimate of drug-likeness (QED) is 0.561. The minimum atomic E-state index is -0.266. The molecule has 2 aliphatic rings. The first kappa shape index (κ1) is 19.2. The van der Waals surface area contributed by atoms with Gasteiger partial charge >= 0.3 is 5.69 Å². The molecule has 2 fully saturated rings. The van der Waals surface area contributed by atoms with E-state index in [0.717, 1.165) is 17.8 Å². The number of nitrogens with zero attached hydrogens (tertiary/aromatic N) is 3. The van der Waals surface area contributed by atoms with Crippen molar-refractivity contribution in [3.05, 3.63) is 56.5 Å². The van der Waals surface area contributed by atoms with Crippen LogP contribution in [0.4, 0.5) is 5.69 Å². The smallest absolute Gasteiger partial charge is 0.332 e. The molecule has 5 rings (SSSR count). The van der Waals surface area contributed by atoms with Crippen LogP contribution >= 0.6 is 0 Å². The summed E-state index contributed by atoms with van der Waals surface area (Å²) in [7, 11) is 0. The lowest BCUT2D eigenvalue weighted by molar-refractivity contribution is 0.513. The third-order valence-electron chi connectivity index (χ3n) is 6.51. The third-order valence-corrected chi connectivity index (χ3v) is 6.51. The van der Waals surface area contributed by atoms with E-state index in [2.05, 4.69) is 4.98 Å². The molecular weight excluding hydrogens is 378 g/mol. The Kier molecular flexibility index (Phi) is 4.76. The number of aromatic nitrogens is 4. The van der Waals surface area contributed by atoms with Crippen molar-refractivity contribution in [1.29, 1.82) is 0 Å². The molecule has 0 saturated heterocycles. The molecule has 7 nitrogen and oxygen atoms in total. The second kappa shape index (κ2) is 7.45. The number of nitrogen functional groups attached to an aromatic ring is 1. The zero-order chi connectivity index (χ0) is 20.8. The standard InChI is InChI=1S/C23H29N5O2/c1-2-12-27-21-19(25-20(26-21)18(15-5-6-15)16-7-8-16)22(29)28(23(27)30)13-11-14-3-9-17(24)10-4-14/h3-4,9-10,15-16,18H,2,5-8,11-13,24H2,1H3,(H,25,26). The number of anilines is 1. The van der Waals surface area contributed by atoms with E-state index in [9.17, 15) is 9.59 Å². The van der Waals surface area contributed by atoms with Gasteiger partial charge in [0.1, 0.15) is 11.3 Å². The molecule has 0 atom stereocenters. The summed E-state index contributed by atoms with van der Waals surface area (Å²) in [6.45, 7) is 2.93. The highest BCUT2D eigenvalue weighted by Gasteiger charge is 2.44. The van der Waals surface area contributed by atoms with E-state index in [1.165, 1.54) is 30.3 Å². The Bertz CT molecular complexity index is 1170. The number of benzene rings is 1. The van der Waals surface area contributed by atoms with Crippen molar-refractivity contribution in [2.45, 2.75) is 64.5 Å². The number of rotatable bonds is 8. The van der Waals surface area contributed by atoms with E-state index < -0.39 is 0 Å². The molecule has 30 heavy (non-hydrogen) atoms. The Morgan fingerprint density at radius 2 is 1.73 bits per heavy atom. The van der Waals surface area contributed by atoms with Crippen LogP contribution in [-0.4, -0.2) is 19.1 Å². The molecule has 0 amide bonds. The maximum atomic E-state index is 13.2. The summed E-state index contributed by atoms with van der Waals surface area (Å²) in [6.07, 6.45) is 6.37. The van der Waals surface area contributed by atoms with Gasteiger partial charge in [0.25, 0.3) is 5.56 Å². The Balaban J connectivity index is 1.56. The van der Waals surface area contributed by atoms with E-state index in [1.807, 2.05) is 31.2 Å². The van der Waals surface area contributed by atoms with Crippen molar-refractivity contribution in [3.8, 4) is 0 Å². The van der Waals surface area contributed by atoms with Gasteiger partial charge in [-0.2, -0.15) is 0 Å². The second-order valence-corrected chi connectivity index (χ2v) is 8.90. The van der Waals surface area contributed by atoms with Gasteiger partial charge in [0.2, 0.25) is 0 Å². The van der Waals surface area contributed by atoms with Crippen LogP contribution in [0.3, 0.4) is 0 Å². The first-order chi connectivity index (χ1) is 14.6. The molecule has 0 spiro atoms. The average Bonchev–Trinajstić information content (AvgIpc) is 3.66. The SMILES string of the molecule is CCCn1c(=O)n(CCc2ccc(N)cc2)c(=O)c2[nH]c(C(C3CC3)C3CC3)nc21. The lowest BCUT2D eigenvalue weighted by Crippen LogP contribution is -2.40. The van der Waals surface area contributed by atoms with Gasteiger partial charge in [-0.25, -0.2) is 9.78 Å². The fourth-order valence-corrected chi connectivity index (χ4v) is 4.63. The lowest BCUT2D eigenvalue weighted by atomic mass is 9.97. The van der Waals surface area contributed by atoms with E-state index in [4.69, 9.17) is 10.7 Å². The Morgan fingerprint density at radius 3 is 2.33 bits per heavy atom. The zero-order valence-corrected chi connectivity index (χ0v) is 17.4. The molecule has 2 aliphatic carbocycles. The predicted molar refractivity (Wildman–Crippen MR) is 118 cm³/mol. The van der Waals surface area contributed by atoms with Crippen molar-refractivity contribution in [1.82, 2.24) is 19.1 Å². The summed E-state index contributed by atoms with van der Waals surface area (Å²) in [4.78, 5) is 34.6. The fraction of sp³-hybridized carbons (Fsp3) is 0.522. The number of H-pyrrole nitrogens is 1. The van der Waals surface area contributed by atoms with E-state index in [1.54, 1.807) is 4.57 Å². The van der Waals surface area contributed by atoms with Gasteiger partial charge in [0.15, 0.2) is 5.65 Å². The van der Waals surface area contributed by atoms with Crippen LogP contribution in [0.5, 0.6) is 0 Å². The normalized spacial score (nSPS) is 16.6. The number of nitrogens with one attached hydrogen (secondary N) is 1. The van der Waals surface area contributed by atoms with Crippen molar-refractivity contribution in [3.63, 3.8) is 0 Å². The maximum Gasteiger partial charge on any atom is 0.332 e. The Morgan fingerprint density at radius 1 is 1.07 bits per heavy atom. The average molecular weight is 408 g/mol. The molecule has 0 unspecified atom stereocenters. The Hall–Kier alpha value is -2.83. The highest BCUT2D eigenvalue weighted by molar-refractivity contribution is 5.70. The highest BCUT2D eigenvalue weighted by Crippen LogP contribution is 2.53. The third kappa shape index (κ3) is 3.46. The van der Waals surface area contributed by atoms with Crippen molar-refractivity contribution >= 4 is 16.9 Å². The minimum Gasteiger partial charge on any atom is -0.399 e. The molecule has 0 radical (unpaired) electrons. The summed E-state index contributed by atoms with van der Waals surface area (Å²) in [5.41, 5.74) is 7.98. The fourth-order valence-electron chi connectivity index (χ4n) is 4.63. The van der Waals surface area contributed by atoms with Crippen molar-refractivity contribution < 1.29 is 0 Å². The number of nitrogens with two attached hydrogens (primary N) is 1. The van der Waals surface area contributed by atoms with Crippen molar-refractivity contribution in [2.75, 3.05) is 5.73 Å². The monoisotopic (exact) mass is 407 g/mol. The number of aromatic amines is 1. The lowest BCUT2D eigenvalue weighted by Gasteiger charge is -2.11. The van der Waals surface area contributed by atoms with E-state index in [0.29, 0.717) is 54.1 Å². The van der Waals surface area contributed by atoms with Crippen LogP contribution in [0.1, 0.15) is 56.3 Å². The van der Waals surface area contributed by atoms with Gasteiger partial charge in [-0.3, -0.25) is 13.9 Å². The molecule has 7 heteroatoms. The molecule has 2 saturated carbocycles. The van der Waals surface area contributed by atoms with Crippen LogP contribution < -0.4 is 17.0 Å². The molecule has 3 N–H and O–H groups in total. The molecule has 2 heterocycles. The summed E-state index contributed by atoms with van der Waals surface area (Å²) in [5.74, 6) is 2.67. The van der Waals surface area contributed by atoms with Crippen LogP contribution in [0.15, 0.2) is 33.9 Å². The number of hydrogen-bond acceptors (Lipinski definition) is 4. The summed E-state index contributed by atoms with van der Waals surface area (Å²) < 4.78 is 3.04. The van der Waals surface area contributed by atoms with Crippen LogP contribution in [0, 0.1) is 11.8 Å². The zero-order valence-electron chi connectivity index (χ0n) is 17.4. The first-order valence-electron chi connectivity index (χ1n) is 11.1. The van der Waals surface area contributed by atoms with Gasteiger partial charge in [-0.05, 0) is 68.1 Å². The maximum absolute atomic E-state index is 13.2. The number of aryl methyl sites for hydroxylation is 2. The molecule has 0 aliphatic heterocycles. The summed E-state index contributed by atoms with van der Waals surface area (Å²) in [5, 5.41) is 0. The van der Waals surface area contributed by atoms with E-state index in [-0.39, 0.29) is 11.2 Å². The molecule has 158 valence electrons. The second-order valence-electron chi connectivity index (χ2n) is 8.90. The van der Waals surface area contributed by atoms with Gasteiger partial charge in [0.05, 0.1) is 0 Å². The summed E-state index contributed by atoms with van der Waals surface area (Å²) in [6, 6.07) is 7.56. The van der Waals surface area contributed by atoms with E-state index >= 15 is 0 Å². The van der Waals surface area contributed by atoms with Crippen LogP contribution in [-0.2, 0) is 19.5 Å². The molecule has 0 bridgehead atoms. The van der Waals surface area contributed by atoms with Gasteiger partial charge in [-0.15, -0.1) is 0 Å². The van der Waals surface area contributed by atoms with Crippen molar-refractivity contribution in [2.24, 2.45) is 11.8 Å². The number of imidazole rings is 1. The molecule has 1 aromatic carbocycles. The highest BCUT2D eigenvalue weighted by atomic mass is 16.2. The minimum absolute atomic E-state index is 0.262. The Labute approximate surface area is 174 Å². The number of hydrogen-bond donors (Lipinski definition) is 2. The van der Waals surface area contributed by atoms with Crippen LogP contribution in [0.2, 0.25) is 0 Å². The van der Waals surface area contributed by atoms with Gasteiger partial charge < -0.3 is 10.7 Å². The summed E-state index contributed by atoms with van der Waals surface area (Å²) >= 11 is 0. The number of fused-ring (bicyclic) bond motifs is 1. The molecule has 3 aromatic rings. The van der Waals surface area contributed by atoms with Gasteiger partial charge in [-0.1, -0.05) is 19.1 Å². The molecular formula is C23H29N5O2. The predicted octanol–water partition coefficient (Wildman–Crippen LogP) is 3.02. The van der Waals surface area contributed by atoms with Crippen LogP contribution in [0.25, 0.3) is 11.2 Å².